The van der Waals surface area contributed by atoms with Gasteiger partial charge in [-0.2, -0.15) is 13.2 Å². The highest BCUT2D eigenvalue weighted by molar-refractivity contribution is 5.73. The minimum atomic E-state index is -5.08. The van der Waals surface area contributed by atoms with Gasteiger partial charge in [-0.15, -0.1) is 0 Å². The van der Waals surface area contributed by atoms with Crippen molar-refractivity contribution in [2.45, 2.75) is 31.5 Å². The van der Waals surface area contributed by atoms with Crippen molar-refractivity contribution >= 4 is 5.97 Å². The fraction of sp³-hybridized carbons (Fsp3) is 0.458. The highest BCUT2D eigenvalue weighted by atomic mass is 19.4. The molecule has 1 atom stereocenters. The highest BCUT2D eigenvalue weighted by Crippen LogP contribution is 2.30. The Labute approximate surface area is 191 Å². The summed E-state index contributed by atoms with van der Waals surface area (Å²) in [6.45, 7) is 3.81. The van der Waals surface area contributed by atoms with Crippen LogP contribution in [-0.4, -0.2) is 60.6 Å². The first-order chi connectivity index (χ1) is 15.7. The van der Waals surface area contributed by atoms with Gasteiger partial charge in [0.25, 0.3) is 0 Å². The molecule has 0 saturated carbocycles. The number of alkyl halides is 3. The minimum Gasteiger partial charge on any atom is -0.493 e. The quantitative estimate of drug-likeness (QED) is 0.553. The fourth-order valence-corrected chi connectivity index (χ4v) is 3.62. The Balaban J connectivity index is 0.000000479. The van der Waals surface area contributed by atoms with E-state index in [-0.39, 0.29) is 6.10 Å². The van der Waals surface area contributed by atoms with Gasteiger partial charge in [0, 0.05) is 6.54 Å². The molecule has 1 aliphatic heterocycles. The second-order valence-electron chi connectivity index (χ2n) is 7.69. The Hall–Kier alpha value is -2.78. The summed E-state index contributed by atoms with van der Waals surface area (Å²) in [5.41, 5.74) is 1.04. The number of para-hydroxylation sites is 2. The first kappa shape index (κ1) is 26.5. The summed E-state index contributed by atoms with van der Waals surface area (Å²) in [4.78, 5) is 11.4. The summed E-state index contributed by atoms with van der Waals surface area (Å²) in [6, 6.07) is 17.8. The number of carbonyl (C=O) groups is 1. The Morgan fingerprint density at radius 1 is 1.06 bits per heavy atom. The number of piperidine rings is 1. The van der Waals surface area contributed by atoms with Crippen molar-refractivity contribution in [2.24, 2.45) is 5.92 Å². The molecule has 2 aromatic carbocycles. The average molecular weight is 470 g/mol. The van der Waals surface area contributed by atoms with Gasteiger partial charge < -0.3 is 24.6 Å². The molecule has 1 saturated heterocycles. The molecule has 6 nitrogen and oxygen atoms in total. The molecule has 2 N–H and O–H groups in total. The lowest BCUT2D eigenvalue weighted by molar-refractivity contribution is -0.192. The van der Waals surface area contributed by atoms with Crippen molar-refractivity contribution in [1.82, 2.24) is 4.90 Å². The molecule has 1 unspecified atom stereocenters. The van der Waals surface area contributed by atoms with Crippen molar-refractivity contribution in [3.05, 3.63) is 60.2 Å². The molecule has 0 radical (unpaired) electrons. The molecule has 0 amide bonds. The van der Waals surface area contributed by atoms with Gasteiger partial charge in [-0.3, -0.25) is 0 Å². The third-order valence-corrected chi connectivity index (χ3v) is 5.41. The molecule has 0 aromatic heterocycles. The van der Waals surface area contributed by atoms with Crippen LogP contribution in [0.1, 0.15) is 30.9 Å². The first-order valence-electron chi connectivity index (χ1n) is 10.7. The largest absolute Gasteiger partial charge is 0.493 e. The first-order valence-corrected chi connectivity index (χ1v) is 10.7. The lowest BCUT2D eigenvalue weighted by Gasteiger charge is -2.34. The number of carboxylic acid groups (broad SMARTS) is 1. The summed E-state index contributed by atoms with van der Waals surface area (Å²) in [5, 5.41) is 17.7. The lowest BCUT2D eigenvalue weighted by atomic mass is 9.87. The number of aliphatic hydroxyl groups excluding tert-OH is 1. The van der Waals surface area contributed by atoms with Crippen LogP contribution in [0.3, 0.4) is 0 Å². The molecule has 0 aliphatic carbocycles. The average Bonchev–Trinajstić information content (AvgIpc) is 2.82. The smallest absolute Gasteiger partial charge is 0.490 e. The number of benzene rings is 2. The van der Waals surface area contributed by atoms with Gasteiger partial charge in [0.1, 0.15) is 0 Å². The second kappa shape index (κ2) is 13.1. The number of halogens is 3. The number of likely N-dealkylation sites (tertiary alicyclic amines) is 1. The van der Waals surface area contributed by atoms with E-state index >= 15 is 0 Å². The molecule has 0 bridgehead atoms. The monoisotopic (exact) mass is 469 g/mol. The van der Waals surface area contributed by atoms with Crippen LogP contribution >= 0.6 is 0 Å². The van der Waals surface area contributed by atoms with Crippen LogP contribution in [0.2, 0.25) is 0 Å². The zero-order chi connectivity index (χ0) is 24.3. The third-order valence-electron chi connectivity index (χ3n) is 5.41. The number of ether oxygens (including phenoxy) is 2. The number of hydrogen-bond acceptors (Lipinski definition) is 5. The van der Waals surface area contributed by atoms with Crippen LogP contribution in [0.5, 0.6) is 11.5 Å². The van der Waals surface area contributed by atoms with Gasteiger partial charge >= 0.3 is 12.1 Å². The fourth-order valence-electron chi connectivity index (χ4n) is 3.62. The molecule has 1 aliphatic rings. The Kier molecular flexibility index (Phi) is 10.5. The predicted octanol–water partition coefficient (Wildman–Crippen LogP) is 4.54. The van der Waals surface area contributed by atoms with Gasteiger partial charge in [-0.05, 0) is 56.0 Å². The van der Waals surface area contributed by atoms with Crippen LogP contribution < -0.4 is 9.47 Å². The molecule has 3 rings (SSSR count). The highest BCUT2D eigenvalue weighted by Gasteiger charge is 2.38. The van der Waals surface area contributed by atoms with Crippen LogP contribution in [0.15, 0.2) is 54.6 Å². The summed E-state index contributed by atoms with van der Waals surface area (Å²) >= 11 is 0. The molecular formula is C24H30F3NO5. The zero-order valence-corrected chi connectivity index (χ0v) is 18.5. The van der Waals surface area contributed by atoms with Crippen LogP contribution in [0.25, 0.3) is 0 Å². The number of aliphatic carboxylic acids is 1. The molecule has 33 heavy (non-hydrogen) atoms. The maximum absolute atomic E-state index is 10.6. The van der Waals surface area contributed by atoms with Gasteiger partial charge in [-0.1, -0.05) is 42.5 Å². The summed E-state index contributed by atoms with van der Waals surface area (Å²) in [6.07, 6.45) is -2.34. The SMILES string of the molecule is COc1ccccc1OCCCN1CCC(C(O)c2ccccc2)CC1.O=C(O)C(F)(F)F. The maximum Gasteiger partial charge on any atom is 0.490 e. The summed E-state index contributed by atoms with van der Waals surface area (Å²) in [7, 11) is 1.66. The number of rotatable bonds is 8. The molecule has 1 fully saturated rings. The van der Waals surface area contributed by atoms with Gasteiger partial charge in [0.05, 0.1) is 19.8 Å². The van der Waals surface area contributed by atoms with Crippen LogP contribution in [0.4, 0.5) is 13.2 Å². The molecule has 1 heterocycles. The standard InChI is InChI=1S/C22H29NO3.C2HF3O2/c1-25-20-10-5-6-11-21(20)26-17-7-14-23-15-12-19(13-16-23)22(24)18-8-3-2-4-9-18;3-2(4,5)1(6)7/h2-6,8-11,19,22,24H,7,12-17H2,1H3;(H,6,7). The van der Waals surface area contributed by atoms with E-state index in [1.165, 1.54) is 0 Å². The molecule has 182 valence electrons. The number of aliphatic hydroxyl groups is 1. The van der Waals surface area contributed by atoms with Gasteiger partial charge in [0.2, 0.25) is 0 Å². The third kappa shape index (κ3) is 8.94. The van der Waals surface area contributed by atoms with E-state index < -0.39 is 12.1 Å². The normalized spacial score (nSPS) is 15.8. The number of carboxylic acids is 1. The van der Waals surface area contributed by atoms with Crippen LogP contribution in [-0.2, 0) is 4.79 Å². The number of hydrogen-bond donors (Lipinski definition) is 2. The Morgan fingerprint density at radius 3 is 2.15 bits per heavy atom. The summed E-state index contributed by atoms with van der Waals surface area (Å²) < 4.78 is 42.9. The minimum absolute atomic E-state index is 0.341. The van der Waals surface area contributed by atoms with E-state index in [0.717, 1.165) is 56.0 Å². The van der Waals surface area contributed by atoms with E-state index in [1.54, 1.807) is 7.11 Å². The van der Waals surface area contributed by atoms with Gasteiger partial charge in [0.15, 0.2) is 11.5 Å². The second-order valence-corrected chi connectivity index (χ2v) is 7.69. The van der Waals surface area contributed by atoms with Crippen molar-refractivity contribution in [3.63, 3.8) is 0 Å². The van der Waals surface area contributed by atoms with E-state index in [4.69, 9.17) is 19.4 Å². The van der Waals surface area contributed by atoms with Crippen molar-refractivity contribution in [2.75, 3.05) is 33.4 Å². The summed E-state index contributed by atoms with van der Waals surface area (Å²) in [5.74, 6) is -0.811. The number of methoxy groups -OCH3 is 1. The molecular weight excluding hydrogens is 439 g/mol. The Bertz CT molecular complexity index is 839. The lowest BCUT2D eigenvalue weighted by Crippen LogP contribution is -2.36. The zero-order valence-electron chi connectivity index (χ0n) is 18.5. The van der Waals surface area contributed by atoms with E-state index in [9.17, 15) is 18.3 Å². The van der Waals surface area contributed by atoms with E-state index in [2.05, 4.69) is 4.90 Å². The number of nitrogens with zero attached hydrogens (tertiary/aromatic N) is 1. The van der Waals surface area contributed by atoms with Crippen molar-refractivity contribution in [3.8, 4) is 11.5 Å². The molecule has 9 heteroatoms. The van der Waals surface area contributed by atoms with Crippen molar-refractivity contribution < 1.29 is 37.7 Å². The maximum atomic E-state index is 10.6. The van der Waals surface area contributed by atoms with Crippen LogP contribution in [0, 0.1) is 5.92 Å². The predicted molar refractivity (Wildman–Crippen MR) is 117 cm³/mol. The van der Waals surface area contributed by atoms with Gasteiger partial charge in [-0.25, -0.2) is 4.79 Å². The molecule has 0 spiro atoms. The molecule has 2 aromatic rings. The van der Waals surface area contributed by atoms with Crippen molar-refractivity contribution in [1.29, 1.82) is 0 Å². The van der Waals surface area contributed by atoms with E-state index in [0.29, 0.717) is 12.5 Å². The Morgan fingerprint density at radius 2 is 1.61 bits per heavy atom. The van der Waals surface area contributed by atoms with E-state index in [1.807, 2.05) is 54.6 Å². The topological polar surface area (TPSA) is 79.2 Å².